The summed E-state index contributed by atoms with van der Waals surface area (Å²) in [6.07, 6.45) is 1.61. The van der Waals surface area contributed by atoms with Crippen LogP contribution >= 0.6 is 0 Å². The number of hydrogen-bond acceptors (Lipinski definition) is 3. The van der Waals surface area contributed by atoms with Crippen molar-refractivity contribution in [2.24, 2.45) is 0 Å². The highest BCUT2D eigenvalue weighted by Gasteiger charge is 2.45. The molecule has 16 heavy (non-hydrogen) atoms. The fraction of sp³-hybridized carbons (Fsp3) is 0.846. The molecule has 0 aromatic carbocycles. The zero-order valence-corrected chi connectivity index (χ0v) is 10.8. The van der Waals surface area contributed by atoms with Crippen molar-refractivity contribution in [2.75, 3.05) is 20.3 Å². The largest absolute Gasteiger partial charge is 0.385 e. The van der Waals surface area contributed by atoms with Gasteiger partial charge in [0.1, 0.15) is 0 Å². The van der Waals surface area contributed by atoms with Crippen molar-refractivity contribution in [2.45, 2.75) is 51.3 Å². The van der Waals surface area contributed by atoms with E-state index in [-0.39, 0.29) is 0 Å². The minimum absolute atomic E-state index is 0.367. The van der Waals surface area contributed by atoms with Crippen LogP contribution in [0.3, 0.4) is 0 Å². The lowest BCUT2D eigenvalue weighted by Crippen LogP contribution is -2.60. The van der Waals surface area contributed by atoms with Crippen LogP contribution in [0.15, 0.2) is 11.1 Å². The molecule has 2 aliphatic rings. The summed E-state index contributed by atoms with van der Waals surface area (Å²) in [6.45, 7) is 7.74. The molecule has 2 bridgehead atoms. The third-order valence-corrected chi connectivity index (χ3v) is 4.37. The predicted octanol–water partition coefficient (Wildman–Crippen LogP) is 1.57. The van der Waals surface area contributed by atoms with Gasteiger partial charge in [-0.15, -0.1) is 0 Å². The predicted molar refractivity (Wildman–Crippen MR) is 64.4 cm³/mol. The van der Waals surface area contributed by atoms with Gasteiger partial charge in [0.25, 0.3) is 0 Å². The van der Waals surface area contributed by atoms with E-state index in [1.54, 1.807) is 0 Å². The molecule has 2 atom stereocenters. The van der Waals surface area contributed by atoms with Crippen molar-refractivity contribution in [1.82, 2.24) is 4.90 Å². The Hall–Kier alpha value is -0.380. The van der Waals surface area contributed by atoms with E-state index in [2.05, 4.69) is 32.7 Å². The molecule has 1 N–H and O–H groups in total. The minimum atomic E-state index is -0.607. The smallest absolute Gasteiger partial charge is 0.0888 e. The monoisotopic (exact) mass is 225 g/mol. The van der Waals surface area contributed by atoms with E-state index in [9.17, 15) is 5.11 Å². The van der Waals surface area contributed by atoms with Gasteiger partial charge >= 0.3 is 0 Å². The maximum absolute atomic E-state index is 10.8. The molecule has 0 aromatic heterocycles. The van der Waals surface area contributed by atoms with Gasteiger partial charge in [0.15, 0.2) is 0 Å². The molecular weight excluding hydrogens is 202 g/mol. The van der Waals surface area contributed by atoms with Crippen LogP contribution in [-0.2, 0) is 4.74 Å². The molecular formula is C13H23NO2. The first-order valence-corrected chi connectivity index (χ1v) is 6.10. The maximum atomic E-state index is 10.8. The van der Waals surface area contributed by atoms with Gasteiger partial charge in [-0.25, -0.2) is 0 Å². The Labute approximate surface area is 98.1 Å². The van der Waals surface area contributed by atoms with E-state index in [1.165, 1.54) is 5.57 Å². The van der Waals surface area contributed by atoms with Gasteiger partial charge in [-0.3, -0.25) is 4.90 Å². The normalized spacial score (nSPS) is 39.6. The average Bonchev–Trinajstić information content (AvgIpc) is 2.19. The summed E-state index contributed by atoms with van der Waals surface area (Å²) in [6, 6.07) is 0.735. The topological polar surface area (TPSA) is 32.7 Å². The summed E-state index contributed by atoms with van der Waals surface area (Å²) in [5.74, 6) is 0. The first-order valence-electron chi connectivity index (χ1n) is 6.10. The van der Waals surface area contributed by atoms with Crippen molar-refractivity contribution >= 4 is 0 Å². The van der Waals surface area contributed by atoms with Crippen LogP contribution in [0.1, 0.15) is 33.6 Å². The molecule has 2 saturated heterocycles. The lowest BCUT2D eigenvalue weighted by Gasteiger charge is -2.50. The van der Waals surface area contributed by atoms with E-state index in [4.69, 9.17) is 4.74 Å². The maximum Gasteiger partial charge on any atom is 0.0888 e. The summed E-state index contributed by atoms with van der Waals surface area (Å²) in [5, 5.41) is 10.8. The molecule has 2 rings (SSSR count). The Morgan fingerprint density at radius 2 is 1.69 bits per heavy atom. The Bertz CT molecular complexity index is 293. The second-order valence-electron chi connectivity index (χ2n) is 5.58. The van der Waals surface area contributed by atoms with Crippen LogP contribution in [0.25, 0.3) is 0 Å². The number of hydrogen-bond donors (Lipinski definition) is 1. The van der Waals surface area contributed by atoms with Crippen LogP contribution in [0.5, 0.6) is 0 Å². The van der Waals surface area contributed by atoms with E-state index < -0.39 is 5.60 Å². The fourth-order valence-electron chi connectivity index (χ4n) is 2.91. The second-order valence-corrected chi connectivity index (χ2v) is 5.58. The zero-order valence-electron chi connectivity index (χ0n) is 10.8. The van der Waals surface area contributed by atoms with Crippen LogP contribution in [0.2, 0.25) is 0 Å². The number of allylic oxidation sites excluding steroid dienone is 1. The summed E-state index contributed by atoms with van der Waals surface area (Å²) < 4.78 is 5.57. The molecule has 0 saturated carbocycles. The number of ether oxygens (including phenoxy) is 1. The first-order chi connectivity index (χ1) is 7.44. The molecule has 2 heterocycles. The van der Waals surface area contributed by atoms with Gasteiger partial charge in [0.2, 0.25) is 0 Å². The molecule has 0 aliphatic carbocycles. The van der Waals surface area contributed by atoms with Crippen LogP contribution in [-0.4, -0.2) is 48.0 Å². The molecule has 0 aromatic rings. The van der Waals surface area contributed by atoms with E-state index in [0.29, 0.717) is 12.1 Å². The number of fused-ring (bicyclic) bond motifs is 2. The molecule has 2 unspecified atom stereocenters. The number of morpholine rings is 1. The molecule has 0 amide bonds. The SMILES string of the molecule is CC(C)=C(C)C1(O)CC2COCC(C1)N2C. The molecule has 3 nitrogen and oxygen atoms in total. The highest BCUT2D eigenvalue weighted by molar-refractivity contribution is 5.22. The summed E-state index contributed by atoms with van der Waals surface area (Å²) in [5.41, 5.74) is 1.79. The van der Waals surface area contributed by atoms with Gasteiger partial charge in [-0.1, -0.05) is 5.57 Å². The molecule has 3 heteroatoms. The molecule has 0 spiro atoms. The first kappa shape index (κ1) is 12.1. The summed E-state index contributed by atoms with van der Waals surface area (Å²) >= 11 is 0. The Balaban J connectivity index is 2.24. The second kappa shape index (κ2) is 4.13. The quantitative estimate of drug-likeness (QED) is 0.688. The Kier molecular flexibility index (Phi) is 3.12. The molecule has 2 fully saturated rings. The van der Waals surface area contributed by atoms with E-state index in [1.807, 2.05) is 0 Å². The van der Waals surface area contributed by atoms with Gasteiger partial charge in [0.05, 0.1) is 18.8 Å². The Morgan fingerprint density at radius 3 is 2.12 bits per heavy atom. The van der Waals surface area contributed by atoms with E-state index in [0.717, 1.165) is 31.6 Å². The lowest BCUT2D eigenvalue weighted by atomic mass is 9.76. The van der Waals surface area contributed by atoms with Crippen molar-refractivity contribution in [3.63, 3.8) is 0 Å². The van der Waals surface area contributed by atoms with Crippen LogP contribution in [0.4, 0.5) is 0 Å². The van der Waals surface area contributed by atoms with Crippen molar-refractivity contribution in [3.8, 4) is 0 Å². The molecule has 92 valence electrons. The van der Waals surface area contributed by atoms with Crippen LogP contribution < -0.4 is 0 Å². The Morgan fingerprint density at radius 1 is 1.19 bits per heavy atom. The standard InChI is InChI=1S/C13H23NO2/c1-9(2)10(3)13(15)5-11-7-16-8-12(6-13)14(11)4/h11-12,15H,5-8H2,1-4H3. The number of piperidine rings is 1. The number of nitrogens with zero attached hydrogens (tertiary/aromatic N) is 1. The number of likely N-dealkylation sites (N-methyl/N-ethyl adjacent to an activating group) is 1. The molecule has 2 aliphatic heterocycles. The van der Waals surface area contributed by atoms with Crippen LogP contribution in [0, 0.1) is 0 Å². The van der Waals surface area contributed by atoms with Gasteiger partial charge in [0, 0.05) is 12.1 Å². The van der Waals surface area contributed by atoms with Gasteiger partial charge in [-0.2, -0.15) is 0 Å². The highest BCUT2D eigenvalue weighted by Crippen LogP contribution is 2.38. The summed E-state index contributed by atoms with van der Waals surface area (Å²) in [4.78, 5) is 2.37. The van der Waals surface area contributed by atoms with Crippen molar-refractivity contribution in [3.05, 3.63) is 11.1 Å². The number of aliphatic hydroxyl groups is 1. The third kappa shape index (κ3) is 1.92. The average molecular weight is 225 g/mol. The zero-order chi connectivity index (χ0) is 11.9. The van der Waals surface area contributed by atoms with Gasteiger partial charge < -0.3 is 9.84 Å². The fourth-order valence-corrected chi connectivity index (χ4v) is 2.91. The third-order valence-electron chi connectivity index (χ3n) is 4.37. The lowest BCUT2D eigenvalue weighted by molar-refractivity contribution is -0.120. The minimum Gasteiger partial charge on any atom is -0.385 e. The molecule has 0 radical (unpaired) electrons. The highest BCUT2D eigenvalue weighted by atomic mass is 16.5. The van der Waals surface area contributed by atoms with Crippen molar-refractivity contribution in [1.29, 1.82) is 0 Å². The van der Waals surface area contributed by atoms with Gasteiger partial charge in [-0.05, 0) is 46.2 Å². The van der Waals surface area contributed by atoms with Crippen molar-refractivity contribution < 1.29 is 9.84 Å². The number of rotatable bonds is 1. The van der Waals surface area contributed by atoms with E-state index >= 15 is 0 Å². The summed E-state index contributed by atoms with van der Waals surface area (Å²) in [7, 11) is 2.15.